The van der Waals surface area contributed by atoms with Gasteiger partial charge in [0.1, 0.15) is 0 Å². The molecular formula is C15H20IN3. The highest BCUT2D eigenvalue weighted by Gasteiger charge is 2.13. The lowest BCUT2D eigenvalue weighted by Gasteiger charge is -2.17. The number of benzene rings is 1. The van der Waals surface area contributed by atoms with Crippen molar-refractivity contribution in [2.24, 2.45) is 0 Å². The molecule has 1 N–H and O–H groups in total. The monoisotopic (exact) mass is 369 g/mol. The zero-order chi connectivity index (χ0) is 13.8. The maximum Gasteiger partial charge on any atom is 0.0596 e. The molecule has 0 aliphatic carbocycles. The van der Waals surface area contributed by atoms with E-state index in [2.05, 4.69) is 81.9 Å². The van der Waals surface area contributed by atoms with Gasteiger partial charge in [0.2, 0.25) is 0 Å². The van der Waals surface area contributed by atoms with E-state index in [-0.39, 0.29) is 0 Å². The summed E-state index contributed by atoms with van der Waals surface area (Å²) in [5.41, 5.74) is 3.71. The van der Waals surface area contributed by atoms with Gasteiger partial charge < -0.3 is 5.32 Å². The first-order valence-electron chi connectivity index (χ1n) is 6.60. The predicted molar refractivity (Wildman–Crippen MR) is 87.3 cm³/mol. The summed E-state index contributed by atoms with van der Waals surface area (Å²) in [7, 11) is 2.02. The Balaban J connectivity index is 2.21. The van der Waals surface area contributed by atoms with Crippen LogP contribution in [0.3, 0.4) is 0 Å². The summed E-state index contributed by atoms with van der Waals surface area (Å²) in [6, 6.07) is 11.2. The molecule has 1 heterocycles. The third-order valence-electron chi connectivity index (χ3n) is 3.32. The number of halogens is 1. The van der Waals surface area contributed by atoms with Crippen LogP contribution in [0.4, 0.5) is 0 Å². The van der Waals surface area contributed by atoms with Gasteiger partial charge in [0.15, 0.2) is 0 Å². The second-order valence-corrected chi connectivity index (χ2v) is 5.94. The predicted octanol–water partition coefficient (Wildman–Crippen LogP) is 3.32. The van der Waals surface area contributed by atoms with Crippen LogP contribution in [0.1, 0.15) is 29.9 Å². The summed E-state index contributed by atoms with van der Waals surface area (Å²) in [6.07, 6.45) is 0.964. The molecule has 2 rings (SSSR count). The molecule has 0 aliphatic rings. The Morgan fingerprint density at radius 3 is 2.58 bits per heavy atom. The first-order valence-corrected chi connectivity index (χ1v) is 7.68. The van der Waals surface area contributed by atoms with Crippen molar-refractivity contribution in [2.75, 3.05) is 7.05 Å². The second-order valence-electron chi connectivity index (χ2n) is 4.69. The Bertz CT molecular complexity index is 531. The SMILES string of the molecule is CCn1nc(C)cc1CC(NC)c1ccc(I)cc1. The van der Waals surface area contributed by atoms with Crippen LogP contribution in [0.5, 0.6) is 0 Å². The van der Waals surface area contributed by atoms with Crippen LogP contribution in [-0.4, -0.2) is 16.8 Å². The van der Waals surface area contributed by atoms with Crippen molar-refractivity contribution < 1.29 is 0 Å². The first kappa shape index (κ1) is 14.5. The lowest BCUT2D eigenvalue weighted by molar-refractivity contribution is 0.541. The highest BCUT2D eigenvalue weighted by molar-refractivity contribution is 14.1. The standard InChI is InChI=1S/C15H20IN3/c1-4-19-14(9-11(2)18-19)10-15(17-3)12-5-7-13(16)8-6-12/h5-9,15,17H,4,10H2,1-3H3. The summed E-state index contributed by atoms with van der Waals surface area (Å²) in [5.74, 6) is 0. The molecule has 102 valence electrons. The third kappa shape index (κ3) is 3.57. The van der Waals surface area contributed by atoms with E-state index in [1.54, 1.807) is 0 Å². The summed E-state index contributed by atoms with van der Waals surface area (Å²) in [6.45, 7) is 5.11. The van der Waals surface area contributed by atoms with E-state index in [1.165, 1.54) is 14.8 Å². The van der Waals surface area contributed by atoms with Crippen molar-refractivity contribution in [3.8, 4) is 0 Å². The maximum absolute atomic E-state index is 4.51. The zero-order valence-electron chi connectivity index (χ0n) is 11.7. The number of nitrogens with zero attached hydrogens (tertiary/aromatic N) is 2. The number of hydrogen-bond donors (Lipinski definition) is 1. The Morgan fingerprint density at radius 1 is 1.32 bits per heavy atom. The molecule has 19 heavy (non-hydrogen) atoms. The minimum atomic E-state index is 0.332. The zero-order valence-corrected chi connectivity index (χ0v) is 13.8. The van der Waals surface area contributed by atoms with Crippen LogP contribution in [0, 0.1) is 10.5 Å². The molecule has 1 unspecified atom stereocenters. The van der Waals surface area contributed by atoms with Crippen molar-refractivity contribution in [1.82, 2.24) is 15.1 Å². The number of likely N-dealkylation sites (N-methyl/N-ethyl adjacent to an activating group) is 1. The normalized spacial score (nSPS) is 12.6. The van der Waals surface area contributed by atoms with Gasteiger partial charge in [-0.2, -0.15) is 5.10 Å². The molecule has 4 heteroatoms. The molecule has 0 radical (unpaired) electrons. The molecule has 1 aromatic heterocycles. The summed E-state index contributed by atoms with van der Waals surface area (Å²) >= 11 is 2.34. The summed E-state index contributed by atoms with van der Waals surface area (Å²) in [4.78, 5) is 0. The Hall–Kier alpha value is -0.880. The molecule has 0 fully saturated rings. The summed E-state index contributed by atoms with van der Waals surface area (Å²) in [5, 5.41) is 7.92. The lowest BCUT2D eigenvalue weighted by atomic mass is 10.0. The molecule has 1 aromatic carbocycles. The molecule has 0 aliphatic heterocycles. The van der Waals surface area contributed by atoms with Crippen LogP contribution in [0.15, 0.2) is 30.3 Å². The van der Waals surface area contributed by atoms with Crippen molar-refractivity contribution in [3.63, 3.8) is 0 Å². The molecule has 2 aromatic rings. The van der Waals surface area contributed by atoms with E-state index in [9.17, 15) is 0 Å². The number of aryl methyl sites for hydroxylation is 2. The van der Waals surface area contributed by atoms with E-state index in [0.717, 1.165) is 18.7 Å². The van der Waals surface area contributed by atoms with Crippen molar-refractivity contribution in [2.45, 2.75) is 32.9 Å². The minimum absolute atomic E-state index is 0.332. The molecule has 0 amide bonds. The van der Waals surface area contributed by atoms with Gasteiger partial charge in [-0.15, -0.1) is 0 Å². The fourth-order valence-electron chi connectivity index (χ4n) is 2.33. The first-order chi connectivity index (χ1) is 9.13. The van der Waals surface area contributed by atoms with E-state index in [4.69, 9.17) is 0 Å². The van der Waals surface area contributed by atoms with Crippen molar-refractivity contribution in [1.29, 1.82) is 0 Å². The second kappa shape index (κ2) is 6.52. The lowest BCUT2D eigenvalue weighted by Crippen LogP contribution is -2.20. The van der Waals surface area contributed by atoms with Crippen LogP contribution in [0.25, 0.3) is 0 Å². The van der Waals surface area contributed by atoms with Gasteiger partial charge in [0, 0.05) is 28.3 Å². The Kier molecular flexibility index (Phi) is 4.99. The smallest absolute Gasteiger partial charge is 0.0596 e. The fraction of sp³-hybridized carbons (Fsp3) is 0.400. The average Bonchev–Trinajstić information content (AvgIpc) is 2.77. The molecule has 1 atom stereocenters. The molecule has 0 saturated heterocycles. The summed E-state index contributed by atoms with van der Waals surface area (Å²) < 4.78 is 3.36. The fourth-order valence-corrected chi connectivity index (χ4v) is 2.69. The van der Waals surface area contributed by atoms with Gasteiger partial charge in [0.05, 0.1) is 5.69 Å². The van der Waals surface area contributed by atoms with Gasteiger partial charge >= 0.3 is 0 Å². The largest absolute Gasteiger partial charge is 0.313 e. The maximum atomic E-state index is 4.51. The van der Waals surface area contributed by atoms with Crippen LogP contribution in [0.2, 0.25) is 0 Å². The van der Waals surface area contributed by atoms with Gasteiger partial charge in [-0.05, 0) is 67.2 Å². The molecule has 0 saturated carbocycles. The number of hydrogen-bond acceptors (Lipinski definition) is 2. The topological polar surface area (TPSA) is 29.9 Å². The van der Waals surface area contributed by atoms with E-state index < -0.39 is 0 Å². The van der Waals surface area contributed by atoms with Gasteiger partial charge in [-0.3, -0.25) is 4.68 Å². The number of nitrogens with one attached hydrogen (secondary N) is 1. The highest BCUT2D eigenvalue weighted by atomic mass is 127. The number of rotatable bonds is 5. The van der Waals surface area contributed by atoms with E-state index >= 15 is 0 Å². The van der Waals surface area contributed by atoms with Crippen LogP contribution >= 0.6 is 22.6 Å². The van der Waals surface area contributed by atoms with Crippen LogP contribution in [-0.2, 0) is 13.0 Å². The van der Waals surface area contributed by atoms with Gasteiger partial charge in [-0.1, -0.05) is 12.1 Å². The van der Waals surface area contributed by atoms with E-state index in [0.29, 0.717) is 6.04 Å². The third-order valence-corrected chi connectivity index (χ3v) is 4.04. The van der Waals surface area contributed by atoms with Gasteiger partial charge in [-0.25, -0.2) is 0 Å². The van der Waals surface area contributed by atoms with Crippen LogP contribution < -0.4 is 5.32 Å². The highest BCUT2D eigenvalue weighted by Crippen LogP contribution is 2.20. The molecular weight excluding hydrogens is 349 g/mol. The minimum Gasteiger partial charge on any atom is -0.313 e. The Labute approximate surface area is 128 Å². The van der Waals surface area contributed by atoms with E-state index in [1.807, 2.05) is 7.05 Å². The van der Waals surface area contributed by atoms with Gasteiger partial charge in [0.25, 0.3) is 0 Å². The van der Waals surface area contributed by atoms with Crippen molar-refractivity contribution in [3.05, 3.63) is 50.9 Å². The average molecular weight is 369 g/mol. The molecule has 0 spiro atoms. The Morgan fingerprint density at radius 2 is 2.00 bits per heavy atom. The molecule has 0 bridgehead atoms. The number of aromatic nitrogens is 2. The van der Waals surface area contributed by atoms with Crippen molar-refractivity contribution >= 4 is 22.6 Å². The molecule has 3 nitrogen and oxygen atoms in total. The quantitative estimate of drug-likeness (QED) is 0.820.